The molecule has 1 aromatic carbocycles. The number of rotatable bonds is 2. The lowest BCUT2D eigenvalue weighted by atomic mass is 10.3. The Morgan fingerprint density at radius 3 is 2.76 bits per heavy atom. The predicted octanol–water partition coefficient (Wildman–Crippen LogP) is 2.63. The van der Waals surface area contributed by atoms with Gasteiger partial charge in [0.2, 0.25) is 0 Å². The lowest BCUT2D eigenvalue weighted by Crippen LogP contribution is -1.93. The van der Waals surface area contributed by atoms with Crippen LogP contribution in [-0.4, -0.2) is 29.4 Å². The van der Waals surface area contributed by atoms with Crippen LogP contribution in [0.3, 0.4) is 0 Å². The summed E-state index contributed by atoms with van der Waals surface area (Å²) in [5.41, 5.74) is 2.37. The minimum absolute atomic E-state index is 0.326. The van der Waals surface area contributed by atoms with Gasteiger partial charge in [-0.15, -0.1) is 10.2 Å². The van der Waals surface area contributed by atoms with Gasteiger partial charge in [-0.1, -0.05) is 29.8 Å². The van der Waals surface area contributed by atoms with E-state index in [4.69, 9.17) is 11.6 Å². The molecule has 0 bridgehead atoms. The average Bonchev–Trinajstić information content (AvgIpc) is 3.15. The Kier molecular flexibility index (Phi) is 2.68. The topological polar surface area (TPSA) is 60.9 Å². The number of hydrogen-bond acceptors (Lipinski definition) is 4. The van der Waals surface area contributed by atoms with Gasteiger partial charge in [-0.05, 0) is 12.1 Å². The van der Waals surface area contributed by atoms with Crippen molar-refractivity contribution < 1.29 is 0 Å². The number of benzene rings is 1. The fraction of sp³-hybridized carbons (Fsp3) is 0. The summed E-state index contributed by atoms with van der Waals surface area (Å²) in [7, 11) is 0. The largest absolute Gasteiger partial charge is 0.278 e. The van der Waals surface area contributed by atoms with Crippen LogP contribution >= 0.6 is 11.6 Å². The van der Waals surface area contributed by atoms with Crippen molar-refractivity contribution in [3.63, 3.8) is 0 Å². The van der Waals surface area contributed by atoms with Gasteiger partial charge < -0.3 is 0 Å². The molecule has 7 heteroatoms. The molecule has 0 unspecified atom stereocenters. The highest BCUT2D eigenvalue weighted by Gasteiger charge is 2.12. The molecule has 4 aromatic rings. The number of halogens is 1. The molecule has 0 spiro atoms. The summed E-state index contributed by atoms with van der Waals surface area (Å²) in [5, 5.41) is 12.9. The Morgan fingerprint density at radius 2 is 1.90 bits per heavy atom. The number of hydrogen-bond donors (Lipinski definition) is 0. The lowest BCUT2D eigenvalue weighted by Gasteiger charge is -1.99. The van der Waals surface area contributed by atoms with Crippen LogP contribution in [0.1, 0.15) is 0 Å². The first-order valence-corrected chi connectivity index (χ1v) is 6.66. The Morgan fingerprint density at radius 1 is 1.05 bits per heavy atom. The van der Waals surface area contributed by atoms with Crippen LogP contribution in [0.2, 0.25) is 5.15 Å². The SMILES string of the molecule is Clc1nccn2c(-c3cnn(-c4ccccc4)c3)nnc12. The van der Waals surface area contributed by atoms with Gasteiger partial charge in [-0.2, -0.15) is 5.10 Å². The van der Waals surface area contributed by atoms with E-state index in [0.29, 0.717) is 16.6 Å². The molecule has 0 fully saturated rings. The van der Waals surface area contributed by atoms with Crippen molar-refractivity contribution >= 4 is 17.2 Å². The van der Waals surface area contributed by atoms with Crippen molar-refractivity contribution in [1.29, 1.82) is 0 Å². The molecule has 3 aromatic heterocycles. The third-order valence-corrected chi connectivity index (χ3v) is 3.41. The zero-order valence-corrected chi connectivity index (χ0v) is 11.5. The van der Waals surface area contributed by atoms with Crippen LogP contribution in [-0.2, 0) is 0 Å². The van der Waals surface area contributed by atoms with Crippen LogP contribution in [0, 0.1) is 0 Å². The molecule has 0 atom stereocenters. The highest BCUT2D eigenvalue weighted by Crippen LogP contribution is 2.21. The normalized spacial score (nSPS) is 11.1. The van der Waals surface area contributed by atoms with Gasteiger partial charge in [-0.25, -0.2) is 9.67 Å². The minimum Gasteiger partial charge on any atom is -0.278 e. The smallest absolute Gasteiger partial charge is 0.198 e. The zero-order chi connectivity index (χ0) is 14.2. The molecule has 102 valence electrons. The van der Waals surface area contributed by atoms with E-state index in [2.05, 4.69) is 20.3 Å². The van der Waals surface area contributed by atoms with E-state index < -0.39 is 0 Å². The molecular formula is C14H9ClN6. The summed E-state index contributed by atoms with van der Waals surface area (Å²) in [6.45, 7) is 0. The molecule has 0 radical (unpaired) electrons. The second kappa shape index (κ2) is 4.68. The van der Waals surface area contributed by atoms with Crippen LogP contribution in [0.4, 0.5) is 0 Å². The van der Waals surface area contributed by atoms with Gasteiger partial charge in [-0.3, -0.25) is 4.40 Å². The van der Waals surface area contributed by atoms with Crippen LogP contribution in [0.25, 0.3) is 22.7 Å². The van der Waals surface area contributed by atoms with Crippen molar-refractivity contribution in [1.82, 2.24) is 29.4 Å². The quantitative estimate of drug-likeness (QED) is 0.570. The molecule has 0 aliphatic carbocycles. The summed E-state index contributed by atoms with van der Waals surface area (Å²) in [6.07, 6.45) is 7.04. The molecule has 0 N–H and O–H groups in total. The maximum absolute atomic E-state index is 6.00. The fourth-order valence-electron chi connectivity index (χ4n) is 2.15. The van der Waals surface area contributed by atoms with Gasteiger partial charge in [0.05, 0.1) is 17.4 Å². The van der Waals surface area contributed by atoms with Crippen LogP contribution in [0.5, 0.6) is 0 Å². The summed E-state index contributed by atoms with van der Waals surface area (Å²) >= 11 is 6.00. The molecule has 0 aliphatic heterocycles. The Labute approximate surface area is 124 Å². The van der Waals surface area contributed by atoms with E-state index in [-0.39, 0.29) is 0 Å². The highest BCUT2D eigenvalue weighted by atomic mass is 35.5. The number of nitrogens with zero attached hydrogens (tertiary/aromatic N) is 6. The first kappa shape index (κ1) is 12.0. The maximum atomic E-state index is 6.00. The molecule has 0 amide bonds. The Balaban J connectivity index is 1.83. The average molecular weight is 297 g/mol. The van der Waals surface area contributed by atoms with Gasteiger partial charge in [0, 0.05) is 18.6 Å². The second-order valence-corrected chi connectivity index (χ2v) is 4.80. The van der Waals surface area contributed by atoms with Crippen molar-refractivity contribution in [2.75, 3.05) is 0 Å². The molecule has 4 rings (SSSR count). The van der Waals surface area contributed by atoms with E-state index in [0.717, 1.165) is 11.3 Å². The monoisotopic (exact) mass is 296 g/mol. The second-order valence-electron chi connectivity index (χ2n) is 4.44. The van der Waals surface area contributed by atoms with Crippen LogP contribution < -0.4 is 0 Å². The van der Waals surface area contributed by atoms with Crippen LogP contribution in [0.15, 0.2) is 55.1 Å². The predicted molar refractivity (Wildman–Crippen MR) is 78.4 cm³/mol. The minimum atomic E-state index is 0.326. The summed E-state index contributed by atoms with van der Waals surface area (Å²) < 4.78 is 3.58. The lowest BCUT2D eigenvalue weighted by molar-refractivity contribution is 0.880. The molecule has 0 aliphatic rings. The van der Waals surface area contributed by atoms with E-state index in [9.17, 15) is 0 Å². The number of aromatic nitrogens is 6. The highest BCUT2D eigenvalue weighted by molar-refractivity contribution is 6.32. The van der Waals surface area contributed by atoms with E-state index in [1.165, 1.54) is 0 Å². The summed E-state index contributed by atoms with van der Waals surface area (Å²) in [6, 6.07) is 9.87. The summed E-state index contributed by atoms with van der Waals surface area (Å²) in [4.78, 5) is 3.99. The van der Waals surface area contributed by atoms with E-state index in [1.807, 2.05) is 36.5 Å². The third-order valence-electron chi connectivity index (χ3n) is 3.15. The van der Waals surface area contributed by atoms with E-state index in [1.54, 1.807) is 27.7 Å². The molecule has 0 saturated heterocycles. The van der Waals surface area contributed by atoms with E-state index >= 15 is 0 Å². The Hall–Kier alpha value is -2.73. The fourth-order valence-corrected chi connectivity index (χ4v) is 2.34. The molecular weight excluding hydrogens is 288 g/mol. The van der Waals surface area contributed by atoms with Gasteiger partial charge in [0.15, 0.2) is 16.6 Å². The van der Waals surface area contributed by atoms with Crippen molar-refractivity contribution in [3.8, 4) is 17.1 Å². The molecule has 21 heavy (non-hydrogen) atoms. The summed E-state index contributed by atoms with van der Waals surface area (Å²) in [5.74, 6) is 0.677. The maximum Gasteiger partial charge on any atom is 0.198 e. The van der Waals surface area contributed by atoms with Crippen molar-refractivity contribution in [2.24, 2.45) is 0 Å². The molecule has 6 nitrogen and oxygen atoms in total. The van der Waals surface area contributed by atoms with Gasteiger partial charge in [0.1, 0.15) is 0 Å². The number of fused-ring (bicyclic) bond motifs is 1. The Bertz CT molecular complexity index is 912. The molecule has 0 saturated carbocycles. The first-order valence-electron chi connectivity index (χ1n) is 6.28. The molecule has 3 heterocycles. The van der Waals surface area contributed by atoms with Crippen molar-refractivity contribution in [2.45, 2.75) is 0 Å². The van der Waals surface area contributed by atoms with Gasteiger partial charge >= 0.3 is 0 Å². The van der Waals surface area contributed by atoms with Gasteiger partial charge in [0.25, 0.3) is 0 Å². The third kappa shape index (κ3) is 1.96. The standard InChI is InChI=1S/C14H9ClN6/c15-12-14-19-18-13(20(14)7-6-16-12)10-8-17-21(9-10)11-4-2-1-3-5-11/h1-9H. The zero-order valence-electron chi connectivity index (χ0n) is 10.8. The van der Waals surface area contributed by atoms with Crippen molar-refractivity contribution in [3.05, 3.63) is 60.3 Å². The first-order chi connectivity index (χ1) is 10.3. The number of para-hydroxylation sites is 1.